The largest absolute Gasteiger partial charge is 0.232 e. The van der Waals surface area contributed by atoms with Crippen molar-refractivity contribution >= 4 is 0 Å². The third-order valence-electron chi connectivity index (χ3n) is 3.24. The van der Waals surface area contributed by atoms with Gasteiger partial charge in [-0.3, -0.25) is 0 Å². The van der Waals surface area contributed by atoms with Gasteiger partial charge >= 0.3 is 0 Å². The first-order valence-corrected chi connectivity index (χ1v) is 4.93. The average Bonchev–Trinajstić information content (AvgIpc) is 2.03. The van der Waals surface area contributed by atoms with Crippen molar-refractivity contribution in [3.05, 3.63) is 0 Å². The summed E-state index contributed by atoms with van der Waals surface area (Å²) in [5, 5.41) is 12.0. The zero-order valence-electron chi connectivity index (χ0n) is 9.40. The van der Waals surface area contributed by atoms with Crippen molar-refractivity contribution in [1.82, 2.24) is 0 Å². The maximum absolute atomic E-state index is 12.0. The van der Waals surface area contributed by atoms with Crippen molar-refractivity contribution in [3.8, 4) is 0 Å². The molecule has 0 rings (SSSR count). The van der Waals surface area contributed by atoms with Crippen molar-refractivity contribution in [3.63, 3.8) is 0 Å². The van der Waals surface area contributed by atoms with Crippen molar-refractivity contribution < 1.29 is 5.11 Å². The van der Waals surface area contributed by atoms with E-state index in [1.54, 1.807) is 0 Å². The minimum absolute atomic E-state index is 0.0699. The predicted octanol–water partition coefficient (Wildman–Crippen LogP) is 3.66. The van der Waals surface area contributed by atoms with Gasteiger partial charge in [0.25, 0.3) is 0 Å². The van der Waals surface area contributed by atoms with E-state index in [9.17, 15) is 5.11 Å². The number of hydrogen-bond acceptors (Lipinski definition) is 0. The van der Waals surface area contributed by atoms with Gasteiger partial charge in [0.05, 0.1) is 0 Å². The Morgan fingerprint density at radius 1 is 0.917 bits per heavy atom. The van der Waals surface area contributed by atoms with Crippen LogP contribution in [0.2, 0.25) is 0 Å². The van der Waals surface area contributed by atoms with Crippen LogP contribution < -0.4 is 0 Å². The molecule has 0 aliphatic heterocycles. The van der Waals surface area contributed by atoms with Gasteiger partial charge in [0, 0.05) is 0 Å². The van der Waals surface area contributed by atoms with E-state index in [1.807, 2.05) is 0 Å². The van der Waals surface area contributed by atoms with E-state index in [4.69, 9.17) is 0 Å². The second-order valence-electron chi connectivity index (χ2n) is 5.06. The molecule has 0 fully saturated rings. The Morgan fingerprint density at radius 2 is 1.17 bits per heavy atom. The molecule has 0 aliphatic rings. The Morgan fingerprint density at radius 3 is 1.33 bits per heavy atom. The van der Waals surface area contributed by atoms with Gasteiger partial charge in [-0.05, 0) is 23.7 Å². The van der Waals surface area contributed by atoms with Gasteiger partial charge < -0.3 is 0 Å². The Labute approximate surface area is 77.2 Å². The highest BCUT2D eigenvalue weighted by Crippen LogP contribution is 2.38. The molecule has 0 aliphatic carbocycles. The summed E-state index contributed by atoms with van der Waals surface area (Å²) >= 11 is 0. The molecular weight excluding hydrogens is 148 g/mol. The quantitative estimate of drug-likeness (QED) is 0.615. The van der Waals surface area contributed by atoms with E-state index in [0.717, 1.165) is 12.8 Å². The minimum Gasteiger partial charge on any atom is -0.232 e. The van der Waals surface area contributed by atoms with Crippen LogP contribution >= 0.6 is 0 Å². The molecule has 1 heteroatoms. The van der Waals surface area contributed by atoms with Crippen LogP contribution in [0.25, 0.3) is 0 Å². The van der Waals surface area contributed by atoms with Crippen LogP contribution in [0, 0.1) is 10.8 Å². The fraction of sp³-hybridized carbons (Fsp3) is 1.00. The summed E-state index contributed by atoms with van der Waals surface area (Å²) in [6, 6.07) is 0. The Balaban J connectivity index is 4.47. The zero-order valence-corrected chi connectivity index (χ0v) is 9.40. The lowest BCUT2D eigenvalue weighted by molar-refractivity contribution is -0.0906. The molecule has 0 bridgehead atoms. The first-order valence-electron chi connectivity index (χ1n) is 4.93. The normalized spacial score (nSPS) is 14.0. The fourth-order valence-electron chi connectivity index (χ4n) is 1.43. The van der Waals surface area contributed by atoms with Gasteiger partial charge in [-0.1, -0.05) is 41.5 Å². The summed E-state index contributed by atoms with van der Waals surface area (Å²) in [5.41, 5.74) is -0.140. The van der Waals surface area contributed by atoms with Crippen LogP contribution in [0.15, 0.2) is 0 Å². The summed E-state index contributed by atoms with van der Waals surface area (Å²) in [6.07, 6.45) is 1.47. The summed E-state index contributed by atoms with van der Waals surface area (Å²) < 4.78 is 0. The van der Waals surface area contributed by atoms with E-state index >= 15 is 0 Å². The minimum atomic E-state index is -0.458. The first kappa shape index (κ1) is 12.0. The third-order valence-corrected chi connectivity index (χ3v) is 3.24. The monoisotopic (exact) mass is 171 g/mol. The lowest BCUT2D eigenvalue weighted by atomic mass is 9.69. The molecule has 0 aromatic carbocycles. The van der Waals surface area contributed by atoms with Gasteiger partial charge in [-0.15, -0.1) is 0 Å². The van der Waals surface area contributed by atoms with Gasteiger partial charge in [0.15, 0.2) is 0 Å². The van der Waals surface area contributed by atoms with E-state index < -0.39 is 6.10 Å². The molecule has 73 valence electrons. The summed E-state index contributed by atoms with van der Waals surface area (Å²) in [7, 11) is 0. The number of hydrogen-bond donors (Lipinski definition) is 0. The van der Waals surface area contributed by atoms with Crippen molar-refractivity contribution in [2.75, 3.05) is 0 Å². The lowest BCUT2D eigenvalue weighted by Crippen LogP contribution is -2.39. The summed E-state index contributed by atoms with van der Waals surface area (Å²) in [4.78, 5) is 0. The molecule has 0 saturated carbocycles. The fourth-order valence-corrected chi connectivity index (χ4v) is 1.43. The second-order valence-corrected chi connectivity index (χ2v) is 5.06. The van der Waals surface area contributed by atoms with Crippen LogP contribution in [0.5, 0.6) is 0 Å². The van der Waals surface area contributed by atoms with Gasteiger partial charge in [-0.25, -0.2) is 5.11 Å². The van der Waals surface area contributed by atoms with Crippen LogP contribution in [0.3, 0.4) is 0 Å². The molecule has 1 radical (unpaired) electrons. The van der Waals surface area contributed by atoms with E-state index in [-0.39, 0.29) is 10.8 Å². The Bertz CT molecular complexity index is 120. The maximum atomic E-state index is 12.0. The SMILES string of the molecule is CCC(C)(C)C([O])C(C)(C)CC. The van der Waals surface area contributed by atoms with Crippen molar-refractivity contribution in [2.45, 2.75) is 60.5 Å². The molecule has 0 unspecified atom stereocenters. The third kappa shape index (κ3) is 2.48. The predicted molar refractivity (Wildman–Crippen MR) is 52.6 cm³/mol. The molecule has 0 atom stereocenters. The second kappa shape index (κ2) is 3.78. The van der Waals surface area contributed by atoms with E-state index in [1.165, 1.54) is 0 Å². The zero-order chi connectivity index (χ0) is 9.99. The molecule has 0 saturated heterocycles. The van der Waals surface area contributed by atoms with Crippen LogP contribution in [0.4, 0.5) is 0 Å². The van der Waals surface area contributed by atoms with Crippen LogP contribution in [-0.2, 0) is 5.11 Å². The molecule has 0 amide bonds. The van der Waals surface area contributed by atoms with Gasteiger partial charge in [0.1, 0.15) is 6.10 Å². The van der Waals surface area contributed by atoms with E-state index in [2.05, 4.69) is 41.5 Å². The maximum Gasteiger partial charge on any atom is 0.103 e. The Hall–Kier alpha value is -0.0400. The van der Waals surface area contributed by atoms with E-state index in [0.29, 0.717) is 0 Å². The molecule has 0 aromatic rings. The smallest absolute Gasteiger partial charge is 0.103 e. The molecule has 12 heavy (non-hydrogen) atoms. The topological polar surface area (TPSA) is 19.9 Å². The lowest BCUT2D eigenvalue weighted by Gasteiger charge is -2.38. The molecule has 1 nitrogen and oxygen atoms in total. The van der Waals surface area contributed by atoms with Crippen molar-refractivity contribution in [1.29, 1.82) is 0 Å². The van der Waals surface area contributed by atoms with Gasteiger partial charge in [-0.2, -0.15) is 0 Å². The highest BCUT2D eigenvalue weighted by molar-refractivity contribution is 4.86. The number of rotatable bonds is 4. The standard InChI is InChI=1S/C11H23O/c1-7-10(3,4)9(12)11(5,6)8-2/h9H,7-8H2,1-6H3. The molecular formula is C11H23O. The molecule has 0 N–H and O–H groups in total. The first-order chi connectivity index (χ1) is 5.28. The Kier molecular flexibility index (Phi) is 3.77. The van der Waals surface area contributed by atoms with Gasteiger partial charge in [0.2, 0.25) is 0 Å². The summed E-state index contributed by atoms with van der Waals surface area (Å²) in [5.74, 6) is 0. The molecule has 0 spiro atoms. The highest BCUT2D eigenvalue weighted by atomic mass is 16.3. The average molecular weight is 171 g/mol. The molecule has 0 aromatic heterocycles. The molecule has 0 heterocycles. The highest BCUT2D eigenvalue weighted by Gasteiger charge is 2.38. The van der Waals surface area contributed by atoms with Crippen LogP contribution in [0.1, 0.15) is 54.4 Å². The van der Waals surface area contributed by atoms with Crippen molar-refractivity contribution in [2.24, 2.45) is 10.8 Å². The van der Waals surface area contributed by atoms with Crippen LogP contribution in [-0.4, -0.2) is 6.10 Å². The summed E-state index contributed by atoms with van der Waals surface area (Å²) in [6.45, 7) is 12.5.